The zero-order valence-corrected chi connectivity index (χ0v) is 9.52. The summed E-state index contributed by atoms with van der Waals surface area (Å²) in [5.74, 6) is -0.515. The number of alkyl halides is 2. The van der Waals surface area contributed by atoms with E-state index in [4.69, 9.17) is 11.6 Å². The molecule has 0 N–H and O–H groups in total. The molecule has 1 aromatic heterocycles. The number of pyridine rings is 1. The highest BCUT2D eigenvalue weighted by Gasteiger charge is 2.17. The quantitative estimate of drug-likeness (QED) is 0.773. The molecule has 16 heavy (non-hydrogen) atoms. The van der Waals surface area contributed by atoms with Gasteiger partial charge in [-0.1, -0.05) is 11.6 Å². The number of hydrogen-bond acceptors (Lipinski definition) is 3. The number of carbonyl (C=O) groups excluding carboxylic acids is 1. The fraction of sp³-hybridized carbons (Fsp3) is 0.400. The number of methoxy groups -OCH3 is 1. The third-order valence-electron chi connectivity index (χ3n) is 2.15. The van der Waals surface area contributed by atoms with Crippen molar-refractivity contribution >= 4 is 17.6 Å². The van der Waals surface area contributed by atoms with Crippen LogP contribution in [0.3, 0.4) is 0 Å². The summed E-state index contributed by atoms with van der Waals surface area (Å²) in [7, 11) is 1.23. The fourth-order valence-electron chi connectivity index (χ4n) is 1.20. The first-order chi connectivity index (χ1) is 7.47. The van der Waals surface area contributed by atoms with E-state index in [1.807, 2.05) is 0 Å². The van der Waals surface area contributed by atoms with Crippen LogP contribution in [0.1, 0.15) is 23.2 Å². The van der Waals surface area contributed by atoms with Crippen molar-refractivity contribution < 1.29 is 18.3 Å². The molecule has 0 unspecified atom stereocenters. The molecule has 0 atom stereocenters. The number of carbonyl (C=O) groups is 1. The van der Waals surface area contributed by atoms with Crippen molar-refractivity contribution in [1.82, 2.24) is 4.98 Å². The normalized spacial score (nSPS) is 10.6. The van der Waals surface area contributed by atoms with E-state index in [-0.39, 0.29) is 28.3 Å². The van der Waals surface area contributed by atoms with E-state index in [1.165, 1.54) is 14.0 Å². The van der Waals surface area contributed by atoms with Crippen LogP contribution in [-0.4, -0.2) is 18.1 Å². The summed E-state index contributed by atoms with van der Waals surface area (Å²) in [6.45, 7) is 1.46. The predicted molar refractivity (Wildman–Crippen MR) is 54.7 cm³/mol. The van der Waals surface area contributed by atoms with E-state index in [9.17, 15) is 13.6 Å². The van der Waals surface area contributed by atoms with Crippen molar-refractivity contribution in [2.75, 3.05) is 7.11 Å². The molecule has 0 fully saturated rings. The van der Waals surface area contributed by atoms with Gasteiger partial charge < -0.3 is 4.74 Å². The van der Waals surface area contributed by atoms with Crippen LogP contribution in [0.15, 0.2) is 6.20 Å². The Morgan fingerprint density at radius 1 is 1.62 bits per heavy atom. The maximum atomic E-state index is 12.5. The third kappa shape index (κ3) is 2.66. The molecule has 1 aromatic rings. The first-order valence-electron chi connectivity index (χ1n) is 4.46. The number of rotatable bonds is 3. The average Bonchev–Trinajstić information content (AvgIpc) is 2.24. The molecule has 0 aromatic carbocycles. The highest BCUT2D eigenvalue weighted by Crippen LogP contribution is 2.28. The molecule has 1 rings (SSSR count). The van der Waals surface area contributed by atoms with Crippen molar-refractivity contribution in [3.63, 3.8) is 0 Å². The Morgan fingerprint density at radius 2 is 2.25 bits per heavy atom. The lowest BCUT2D eigenvalue weighted by Gasteiger charge is -2.09. The predicted octanol–water partition coefficient (Wildman–Crippen LogP) is 2.70. The minimum Gasteiger partial charge on any atom is -0.469 e. The van der Waals surface area contributed by atoms with Gasteiger partial charge in [0.05, 0.1) is 24.2 Å². The van der Waals surface area contributed by atoms with E-state index in [2.05, 4.69) is 9.72 Å². The maximum Gasteiger partial charge on any atom is 0.311 e. The summed E-state index contributed by atoms with van der Waals surface area (Å²) in [6.07, 6.45) is -1.72. The Kier molecular flexibility index (Phi) is 4.18. The van der Waals surface area contributed by atoms with Gasteiger partial charge in [-0.25, -0.2) is 8.78 Å². The van der Waals surface area contributed by atoms with Crippen LogP contribution in [0.25, 0.3) is 0 Å². The van der Waals surface area contributed by atoms with E-state index >= 15 is 0 Å². The zero-order valence-electron chi connectivity index (χ0n) is 8.76. The van der Waals surface area contributed by atoms with E-state index in [0.29, 0.717) is 0 Å². The van der Waals surface area contributed by atoms with Crippen LogP contribution in [0.4, 0.5) is 8.78 Å². The number of halogens is 3. The summed E-state index contributed by atoms with van der Waals surface area (Å²) >= 11 is 5.84. The molecule has 6 heteroatoms. The summed E-state index contributed by atoms with van der Waals surface area (Å²) < 4.78 is 29.4. The molecule has 0 radical (unpaired) electrons. The first kappa shape index (κ1) is 12.8. The lowest BCUT2D eigenvalue weighted by Crippen LogP contribution is -2.08. The summed E-state index contributed by atoms with van der Waals surface area (Å²) in [5.41, 5.74) is 0.264. The van der Waals surface area contributed by atoms with Gasteiger partial charge >= 0.3 is 5.97 Å². The fourth-order valence-corrected chi connectivity index (χ4v) is 1.42. The van der Waals surface area contributed by atoms with Crippen LogP contribution in [-0.2, 0) is 16.0 Å². The highest BCUT2D eigenvalue weighted by molar-refractivity contribution is 6.32. The Hall–Kier alpha value is -1.23. The second-order valence-corrected chi connectivity index (χ2v) is 3.53. The molecule has 0 spiro atoms. The molecule has 1 heterocycles. The van der Waals surface area contributed by atoms with Gasteiger partial charge in [-0.05, 0) is 12.5 Å². The zero-order chi connectivity index (χ0) is 12.3. The summed E-state index contributed by atoms with van der Waals surface area (Å²) in [4.78, 5) is 14.7. The number of hydrogen-bond donors (Lipinski definition) is 0. The van der Waals surface area contributed by atoms with Gasteiger partial charge in [-0.3, -0.25) is 9.78 Å². The minimum atomic E-state index is -2.63. The SMILES string of the molecule is COC(=O)Cc1ncc(C(F)F)c(C)c1Cl. The van der Waals surface area contributed by atoms with Gasteiger partial charge in [0.1, 0.15) is 0 Å². The van der Waals surface area contributed by atoms with Crippen LogP contribution < -0.4 is 0 Å². The molecule has 0 aliphatic rings. The molecular formula is C10H10ClF2NO2. The highest BCUT2D eigenvalue weighted by atomic mass is 35.5. The van der Waals surface area contributed by atoms with Crippen molar-refractivity contribution in [1.29, 1.82) is 0 Å². The van der Waals surface area contributed by atoms with E-state index in [1.54, 1.807) is 0 Å². The molecule has 3 nitrogen and oxygen atoms in total. The van der Waals surface area contributed by atoms with E-state index < -0.39 is 12.4 Å². The van der Waals surface area contributed by atoms with Crippen LogP contribution in [0, 0.1) is 6.92 Å². The first-order valence-corrected chi connectivity index (χ1v) is 4.84. The van der Waals surface area contributed by atoms with Gasteiger partial charge in [0.2, 0.25) is 0 Å². The van der Waals surface area contributed by atoms with Crippen molar-refractivity contribution in [3.8, 4) is 0 Å². The Bertz CT molecular complexity index is 410. The van der Waals surface area contributed by atoms with Crippen LogP contribution in [0.5, 0.6) is 0 Å². The second-order valence-electron chi connectivity index (χ2n) is 3.15. The molecule has 0 bridgehead atoms. The van der Waals surface area contributed by atoms with Gasteiger partial charge in [0.25, 0.3) is 6.43 Å². The number of aromatic nitrogens is 1. The molecule has 0 aliphatic carbocycles. The molecule has 0 saturated carbocycles. The number of nitrogens with zero attached hydrogens (tertiary/aromatic N) is 1. The monoisotopic (exact) mass is 249 g/mol. The number of ether oxygens (including phenoxy) is 1. The Balaban J connectivity index is 3.07. The van der Waals surface area contributed by atoms with Crippen LogP contribution in [0.2, 0.25) is 5.02 Å². The van der Waals surface area contributed by atoms with Crippen LogP contribution >= 0.6 is 11.6 Å². The summed E-state index contributed by atoms with van der Waals surface area (Å²) in [5, 5.41) is 0.0863. The topological polar surface area (TPSA) is 39.2 Å². The smallest absolute Gasteiger partial charge is 0.311 e. The second kappa shape index (κ2) is 5.21. The van der Waals surface area contributed by atoms with Crippen molar-refractivity contribution in [2.24, 2.45) is 0 Å². The van der Waals surface area contributed by atoms with Gasteiger partial charge in [-0.15, -0.1) is 0 Å². The van der Waals surface area contributed by atoms with Crippen molar-refractivity contribution in [3.05, 3.63) is 28.0 Å². The molecule has 0 saturated heterocycles. The summed E-state index contributed by atoms with van der Waals surface area (Å²) in [6, 6.07) is 0. The Morgan fingerprint density at radius 3 is 2.75 bits per heavy atom. The molecule has 88 valence electrons. The lowest BCUT2D eigenvalue weighted by molar-refractivity contribution is -0.139. The molecule has 0 aliphatic heterocycles. The maximum absolute atomic E-state index is 12.5. The minimum absolute atomic E-state index is 0.0863. The van der Waals surface area contributed by atoms with E-state index in [0.717, 1.165) is 6.20 Å². The van der Waals surface area contributed by atoms with Gasteiger partial charge in [0, 0.05) is 11.8 Å². The lowest BCUT2D eigenvalue weighted by atomic mass is 10.1. The van der Waals surface area contributed by atoms with Gasteiger partial charge in [-0.2, -0.15) is 0 Å². The molecular weight excluding hydrogens is 240 g/mol. The largest absolute Gasteiger partial charge is 0.469 e. The molecule has 0 amide bonds. The third-order valence-corrected chi connectivity index (χ3v) is 2.65. The van der Waals surface area contributed by atoms with Gasteiger partial charge in [0.15, 0.2) is 0 Å². The average molecular weight is 250 g/mol. The number of esters is 1. The van der Waals surface area contributed by atoms with Crippen molar-refractivity contribution in [2.45, 2.75) is 19.8 Å². The standard InChI is InChI=1S/C10H10ClF2NO2/c1-5-6(10(12)13)4-14-7(9(5)11)3-8(15)16-2/h4,10H,3H2,1-2H3. The Labute approximate surface area is 96.4 Å².